The second-order valence-corrected chi connectivity index (χ2v) is 1.31. The summed E-state index contributed by atoms with van der Waals surface area (Å²) in [6.07, 6.45) is 1.11. The molecule has 3 heteroatoms. The first-order valence-electron chi connectivity index (χ1n) is 1.91. The Hall–Kier alpha value is 1.47. The van der Waals surface area contributed by atoms with Gasteiger partial charge in [-0.15, -0.1) is 6.58 Å². The van der Waals surface area contributed by atoms with E-state index in [1.165, 1.54) is 5.57 Å². The molecular weight excluding hydrogens is 244 g/mol. The van der Waals surface area contributed by atoms with Crippen LogP contribution in [-0.2, 0) is 0 Å². The number of hydrogen-bond acceptors (Lipinski definition) is 0. The molecule has 0 saturated heterocycles. The van der Waals surface area contributed by atoms with Gasteiger partial charge >= 0.3 is 23.1 Å². The van der Waals surface area contributed by atoms with Gasteiger partial charge in [0.1, 0.15) is 0 Å². The summed E-state index contributed by atoms with van der Waals surface area (Å²) < 4.78 is 0. The molecular formula is C5H10Br2Mg. The fourth-order valence-electron chi connectivity index (χ4n) is 0. The molecule has 0 rings (SSSR count). The van der Waals surface area contributed by atoms with Crippen LogP contribution in [0.2, 0.25) is 0 Å². The van der Waals surface area contributed by atoms with Crippen molar-refractivity contribution in [3.8, 4) is 0 Å². The van der Waals surface area contributed by atoms with Gasteiger partial charge in [0.05, 0.1) is 0 Å². The van der Waals surface area contributed by atoms with Gasteiger partial charge in [-0.1, -0.05) is 12.5 Å². The van der Waals surface area contributed by atoms with Crippen LogP contribution in [0.15, 0.2) is 12.2 Å². The van der Waals surface area contributed by atoms with E-state index in [1.54, 1.807) is 0 Å². The summed E-state index contributed by atoms with van der Waals surface area (Å²) in [6.45, 7) is 7.80. The molecule has 0 N–H and O–H groups in total. The molecule has 0 aromatic carbocycles. The van der Waals surface area contributed by atoms with Crippen molar-refractivity contribution >= 4 is 23.1 Å². The molecule has 0 atom stereocenters. The average Bonchev–Trinajstić information content (AvgIpc) is 1.38. The number of allylic oxidation sites excluding steroid dienone is 1. The fourth-order valence-corrected chi connectivity index (χ4v) is 0. The van der Waals surface area contributed by atoms with Crippen molar-refractivity contribution in [1.29, 1.82) is 0 Å². The molecule has 0 aromatic rings. The van der Waals surface area contributed by atoms with Crippen LogP contribution < -0.4 is 34.0 Å². The molecule has 0 nitrogen and oxygen atoms in total. The van der Waals surface area contributed by atoms with E-state index in [0.29, 0.717) is 0 Å². The Bertz CT molecular complexity index is 45.7. The Labute approximate surface area is 88.8 Å². The van der Waals surface area contributed by atoms with Crippen molar-refractivity contribution in [3.05, 3.63) is 12.2 Å². The summed E-state index contributed by atoms with van der Waals surface area (Å²) in [6, 6.07) is 0. The Morgan fingerprint density at radius 2 is 1.50 bits per heavy atom. The van der Waals surface area contributed by atoms with Crippen molar-refractivity contribution in [2.24, 2.45) is 0 Å². The van der Waals surface area contributed by atoms with Crippen molar-refractivity contribution in [2.45, 2.75) is 20.3 Å². The standard InChI is InChI=1S/C5H10.2BrH.Mg/c1-4-5(2)3;;;/h2,4H2,1,3H3;2*1H;/q;;;+2/p-2. The molecule has 8 heavy (non-hydrogen) atoms. The van der Waals surface area contributed by atoms with Crippen LogP contribution in [0.1, 0.15) is 20.3 Å². The first-order chi connectivity index (χ1) is 2.27. The number of hydrogen-bond donors (Lipinski definition) is 0. The fraction of sp³-hybridized carbons (Fsp3) is 0.600. The molecule has 0 radical (unpaired) electrons. The number of halogens is 2. The smallest absolute Gasteiger partial charge is 1.00 e. The molecule has 0 heterocycles. The molecule has 0 amide bonds. The van der Waals surface area contributed by atoms with Crippen LogP contribution in [0.4, 0.5) is 0 Å². The van der Waals surface area contributed by atoms with Gasteiger partial charge < -0.3 is 34.0 Å². The van der Waals surface area contributed by atoms with Gasteiger partial charge in [0.25, 0.3) is 0 Å². The summed E-state index contributed by atoms with van der Waals surface area (Å²) >= 11 is 0. The topological polar surface area (TPSA) is 0 Å². The van der Waals surface area contributed by atoms with Crippen LogP contribution in [0.3, 0.4) is 0 Å². The van der Waals surface area contributed by atoms with Crippen LogP contribution in [0.5, 0.6) is 0 Å². The average molecular weight is 254 g/mol. The van der Waals surface area contributed by atoms with Gasteiger partial charge in [0, 0.05) is 0 Å². The van der Waals surface area contributed by atoms with Crippen LogP contribution in [0.25, 0.3) is 0 Å². The monoisotopic (exact) mass is 252 g/mol. The second-order valence-electron chi connectivity index (χ2n) is 1.31. The maximum absolute atomic E-state index is 3.67. The first kappa shape index (κ1) is 22.7. The van der Waals surface area contributed by atoms with Gasteiger partial charge in [-0.25, -0.2) is 0 Å². The first-order valence-corrected chi connectivity index (χ1v) is 1.91. The quantitative estimate of drug-likeness (QED) is 0.327. The molecule has 0 spiro atoms. The summed E-state index contributed by atoms with van der Waals surface area (Å²) in [5, 5.41) is 0. The summed E-state index contributed by atoms with van der Waals surface area (Å²) in [7, 11) is 0. The minimum absolute atomic E-state index is 0. The van der Waals surface area contributed by atoms with E-state index in [1.807, 2.05) is 6.92 Å². The Morgan fingerprint density at radius 1 is 1.38 bits per heavy atom. The van der Waals surface area contributed by atoms with E-state index in [4.69, 9.17) is 0 Å². The van der Waals surface area contributed by atoms with E-state index < -0.39 is 0 Å². The Kier molecular flexibility index (Phi) is 44.8. The van der Waals surface area contributed by atoms with Crippen molar-refractivity contribution in [1.82, 2.24) is 0 Å². The Balaban J connectivity index is -0.0000000267. The maximum atomic E-state index is 3.67. The third kappa shape index (κ3) is 26.0. The Morgan fingerprint density at radius 3 is 1.50 bits per heavy atom. The van der Waals surface area contributed by atoms with Gasteiger partial charge in [-0.2, -0.15) is 0 Å². The normalized spacial score (nSPS) is 4.75. The molecule has 0 fully saturated rings. The van der Waals surface area contributed by atoms with Crippen LogP contribution >= 0.6 is 0 Å². The summed E-state index contributed by atoms with van der Waals surface area (Å²) in [4.78, 5) is 0. The van der Waals surface area contributed by atoms with E-state index >= 15 is 0 Å². The van der Waals surface area contributed by atoms with Crippen molar-refractivity contribution in [3.63, 3.8) is 0 Å². The third-order valence-corrected chi connectivity index (χ3v) is 0.604. The molecule has 0 aliphatic carbocycles. The molecule has 0 aromatic heterocycles. The minimum atomic E-state index is 0. The maximum Gasteiger partial charge on any atom is 2.00 e. The van der Waals surface area contributed by atoms with E-state index in [2.05, 4.69) is 13.5 Å². The van der Waals surface area contributed by atoms with Crippen molar-refractivity contribution in [2.75, 3.05) is 0 Å². The molecule has 0 bridgehead atoms. The molecule has 0 aliphatic heterocycles. The van der Waals surface area contributed by atoms with Gasteiger partial charge in [0.15, 0.2) is 0 Å². The van der Waals surface area contributed by atoms with Crippen LogP contribution in [-0.4, -0.2) is 23.1 Å². The molecule has 0 saturated carbocycles. The second kappa shape index (κ2) is 15.8. The minimum Gasteiger partial charge on any atom is -1.00 e. The van der Waals surface area contributed by atoms with Crippen LogP contribution in [0, 0.1) is 0 Å². The van der Waals surface area contributed by atoms with Crippen molar-refractivity contribution < 1.29 is 34.0 Å². The SMILES string of the molecule is C=C(C)CC.[Br-].[Br-].[Mg+2]. The molecule has 46 valence electrons. The van der Waals surface area contributed by atoms with Gasteiger partial charge in [-0.05, 0) is 13.3 Å². The third-order valence-electron chi connectivity index (χ3n) is 0.604. The zero-order valence-electron chi connectivity index (χ0n) is 5.38. The van der Waals surface area contributed by atoms with Gasteiger partial charge in [0.2, 0.25) is 0 Å². The zero-order chi connectivity index (χ0) is 4.28. The van der Waals surface area contributed by atoms with E-state index in [9.17, 15) is 0 Å². The summed E-state index contributed by atoms with van der Waals surface area (Å²) in [5.74, 6) is 0. The summed E-state index contributed by atoms with van der Waals surface area (Å²) in [5.41, 5.74) is 1.25. The van der Waals surface area contributed by atoms with Gasteiger partial charge in [-0.3, -0.25) is 0 Å². The predicted molar refractivity (Wildman–Crippen MR) is 30.9 cm³/mol. The van der Waals surface area contributed by atoms with E-state index in [0.717, 1.165) is 6.42 Å². The zero-order valence-corrected chi connectivity index (χ0v) is 9.96. The largest absolute Gasteiger partial charge is 2.00 e. The number of rotatable bonds is 1. The predicted octanol–water partition coefficient (Wildman–Crippen LogP) is -4.40. The van der Waals surface area contributed by atoms with E-state index in [-0.39, 0.29) is 57.0 Å². The molecule has 0 unspecified atom stereocenters. The molecule has 0 aliphatic rings.